The van der Waals surface area contributed by atoms with Crippen LogP contribution < -0.4 is 4.90 Å². The molecule has 3 atom stereocenters. The number of aliphatic hydroxyl groups excluding tert-OH is 1. The molecule has 1 unspecified atom stereocenters. The summed E-state index contributed by atoms with van der Waals surface area (Å²) < 4.78 is 12.5. The van der Waals surface area contributed by atoms with E-state index in [1.54, 1.807) is 0 Å². The van der Waals surface area contributed by atoms with Gasteiger partial charge in [-0.25, -0.2) is 4.39 Å². The van der Waals surface area contributed by atoms with Crippen LogP contribution in [0.2, 0.25) is 0 Å². The number of quaternary nitrogens is 1. The van der Waals surface area contributed by atoms with Crippen molar-refractivity contribution in [1.82, 2.24) is 0 Å². The quantitative estimate of drug-likeness (QED) is 0.581. The average Bonchev–Trinajstić information content (AvgIpc) is 2.61. The summed E-state index contributed by atoms with van der Waals surface area (Å²) in [6.07, 6.45) is 4.24. The van der Waals surface area contributed by atoms with Gasteiger partial charge in [-0.05, 0) is 0 Å². The van der Waals surface area contributed by atoms with Gasteiger partial charge in [0, 0.05) is 25.7 Å². The molecule has 0 aromatic heterocycles. The Morgan fingerprint density at radius 2 is 2.33 bits per heavy atom. The van der Waals surface area contributed by atoms with Crippen molar-refractivity contribution in [3.8, 4) is 0 Å². The van der Waals surface area contributed by atoms with Crippen molar-refractivity contribution in [3.05, 3.63) is 0 Å². The highest BCUT2D eigenvalue weighted by Gasteiger charge is 2.52. The van der Waals surface area contributed by atoms with E-state index in [4.69, 9.17) is 0 Å². The molecule has 0 saturated carbocycles. The molecule has 2 fully saturated rings. The maximum Gasteiger partial charge on any atom is 0.141 e. The van der Waals surface area contributed by atoms with E-state index in [0.717, 1.165) is 32.2 Å². The molecule has 2 saturated heterocycles. The summed E-state index contributed by atoms with van der Waals surface area (Å²) in [5.74, 6) is 0. The van der Waals surface area contributed by atoms with Crippen LogP contribution >= 0.6 is 0 Å². The molecule has 2 aliphatic heterocycles. The van der Waals surface area contributed by atoms with E-state index < -0.39 is 0 Å². The second-order valence-corrected chi connectivity index (χ2v) is 4.21. The summed E-state index contributed by atoms with van der Waals surface area (Å²) in [4.78, 5) is 1.34. The lowest BCUT2D eigenvalue weighted by molar-refractivity contribution is -0.948. The van der Waals surface area contributed by atoms with Crippen molar-refractivity contribution in [1.29, 1.82) is 0 Å². The summed E-state index contributed by atoms with van der Waals surface area (Å²) in [5.41, 5.74) is 0.0523. The maximum atomic E-state index is 12.5. The smallest absolute Gasteiger partial charge is 0.141 e. The minimum Gasteiger partial charge on any atom is -0.390 e. The molecule has 2 heterocycles. The Morgan fingerprint density at radius 3 is 3.00 bits per heavy atom. The van der Waals surface area contributed by atoms with Crippen molar-refractivity contribution in [3.63, 3.8) is 0 Å². The maximum absolute atomic E-state index is 12.5. The standard InChI is InChI=1S/C9H16FNO/c10-6-8-2-4-9(7-12)3-1-5-11(8)9/h8,12H,1-7H2/p+1/t8-,9-/m0/s1. The van der Waals surface area contributed by atoms with Gasteiger partial charge in [0.1, 0.15) is 18.3 Å². The van der Waals surface area contributed by atoms with Crippen molar-refractivity contribution in [2.24, 2.45) is 0 Å². The lowest BCUT2D eigenvalue weighted by atomic mass is 9.95. The zero-order valence-corrected chi connectivity index (χ0v) is 7.35. The van der Waals surface area contributed by atoms with Gasteiger partial charge in [-0.2, -0.15) is 0 Å². The van der Waals surface area contributed by atoms with Crippen LogP contribution in [0, 0.1) is 0 Å². The number of halogens is 1. The van der Waals surface area contributed by atoms with Crippen LogP contribution in [0.25, 0.3) is 0 Å². The zero-order valence-electron chi connectivity index (χ0n) is 7.35. The van der Waals surface area contributed by atoms with Gasteiger partial charge in [0.15, 0.2) is 0 Å². The molecule has 2 rings (SSSR count). The van der Waals surface area contributed by atoms with Crippen LogP contribution in [0.5, 0.6) is 0 Å². The number of nitrogens with one attached hydrogen (secondary N) is 1. The van der Waals surface area contributed by atoms with Gasteiger partial charge < -0.3 is 10.0 Å². The first-order valence-corrected chi connectivity index (χ1v) is 4.85. The zero-order chi connectivity index (χ0) is 8.60. The van der Waals surface area contributed by atoms with Gasteiger partial charge in [0.25, 0.3) is 0 Å². The van der Waals surface area contributed by atoms with E-state index in [9.17, 15) is 9.50 Å². The number of aliphatic hydroxyl groups is 1. The third-order valence-corrected chi connectivity index (χ3v) is 3.74. The third kappa shape index (κ3) is 0.995. The van der Waals surface area contributed by atoms with Gasteiger partial charge in [-0.15, -0.1) is 0 Å². The lowest BCUT2D eigenvalue weighted by Gasteiger charge is -2.28. The van der Waals surface area contributed by atoms with E-state index in [1.807, 2.05) is 0 Å². The van der Waals surface area contributed by atoms with Crippen molar-refractivity contribution >= 4 is 0 Å². The summed E-state index contributed by atoms with van der Waals surface area (Å²) in [7, 11) is 0. The van der Waals surface area contributed by atoms with Crippen molar-refractivity contribution in [2.45, 2.75) is 37.3 Å². The Kier molecular flexibility index (Phi) is 2.09. The Balaban J connectivity index is 2.14. The number of alkyl halides is 1. The fraction of sp³-hybridized carbons (Fsp3) is 1.00. The van der Waals surface area contributed by atoms with Gasteiger partial charge in [0.2, 0.25) is 0 Å². The molecule has 2 aliphatic rings. The van der Waals surface area contributed by atoms with Crippen LogP contribution in [0.3, 0.4) is 0 Å². The Labute approximate surface area is 72.4 Å². The Bertz CT molecular complexity index is 176. The molecule has 0 spiro atoms. The normalized spacial score (nSPS) is 46.5. The second kappa shape index (κ2) is 2.96. The largest absolute Gasteiger partial charge is 0.390 e. The predicted molar refractivity (Wildman–Crippen MR) is 43.9 cm³/mol. The Hall–Kier alpha value is -0.150. The average molecular weight is 174 g/mol. The number of hydrogen-bond donors (Lipinski definition) is 2. The molecule has 0 radical (unpaired) electrons. The monoisotopic (exact) mass is 174 g/mol. The molecule has 0 aromatic rings. The van der Waals surface area contributed by atoms with E-state index >= 15 is 0 Å². The molecule has 0 aliphatic carbocycles. The fourth-order valence-electron chi connectivity index (χ4n) is 3.02. The van der Waals surface area contributed by atoms with Crippen LogP contribution in [-0.2, 0) is 0 Å². The van der Waals surface area contributed by atoms with E-state index in [-0.39, 0.29) is 24.9 Å². The predicted octanol–water partition coefficient (Wildman–Crippen LogP) is -0.472. The fourth-order valence-corrected chi connectivity index (χ4v) is 3.02. The van der Waals surface area contributed by atoms with Gasteiger partial charge in [-0.1, -0.05) is 0 Å². The highest BCUT2D eigenvalue weighted by atomic mass is 19.1. The molecule has 3 heteroatoms. The Morgan fingerprint density at radius 1 is 1.50 bits per heavy atom. The van der Waals surface area contributed by atoms with Crippen LogP contribution in [0.1, 0.15) is 25.7 Å². The number of hydrogen-bond acceptors (Lipinski definition) is 1. The minimum atomic E-state index is -0.211. The summed E-state index contributed by atoms with van der Waals surface area (Å²) >= 11 is 0. The van der Waals surface area contributed by atoms with Crippen molar-refractivity contribution in [2.75, 3.05) is 19.8 Å². The summed E-state index contributed by atoms with van der Waals surface area (Å²) in [5, 5.41) is 9.30. The lowest BCUT2D eigenvalue weighted by Crippen LogP contribution is -3.20. The topological polar surface area (TPSA) is 24.7 Å². The van der Waals surface area contributed by atoms with Crippen LogP contribution in [0.15, 0.2) is 0 Å². The van der Waals surface area contributed by atoms with E-state index in [2.05, 4.69) is 0 Å². The summed E-state index contributed by atoms with van der Waals surface area (Å²) in [6.45, 7) is 1.10. The van der Waals surface area contributed by atoms with Gasteiger partial charge in [-0.3, -0.25) is 0 Å². The first kappa shape index (κ1) is 8.45. The van der Waals surface area contributed by atoms with Crippen LogP contribution in [0.4, 0.5) is 4.39 Å². The summed E-state index contributed by atoms with van der Waals surface area (Å²) in [6, 6.07) is 0.180. The van der Waals surface area contributed by atoms with E-state index in [0.29, 0.717) is 0 Å². The minimum absolute atomic E-state index is 0.0523. The second-order valence-electron chi connectivity index (χ2n) is 4.21. The van der Waals surface area contributed by atoms with Crippen LogP contribution in [-0.4, -0.2) is 36.5 Å². The van der Waals surface area contributed by atoms with E-state index in [1.165, 1.54) is 4.90 Å². The third-order valence-electron chi connectivity index (χ3n) is 3.74. The first-order chi connectivity index (χ1) is 5.82. The molecular formula is C9H17FNO+. The first-order valence-electron chi connectivity index (χ1n) is 4.85. The number of rotatable bonds is 2. The molecule has 0 bridgehead atoms. The number of fused-ring (bicyclic) bond motifs is 1. The highest BCUT2D eigenvalue weighted by molar-refractivity contribution is 4.89. The SMILES string of the molecule is OC[C@@]12CCC[NH+]1[C@H](CF)CC2. The molecule has 2 N–H and O–H groups in total. The van der Waals surface area contributed by atoms with Gasteiger partial charge >= 0.3 is 0 Å². The molecule has 12 heavy (non-hydrogen) atoms. The molecular weight excluding hydrogens is 157 g/mol. The highest BCUT2D eigenvalue weighted by Crippen LogP contribution is 2.26. The van der Waals surface area contributed by atoms with Gasteiger partial charge in [0.05, 0.1) is 13.2 Å². The molecule has 0 aromatic carbocycles. The molecule has 0 amide bonds. The molecule has 2 nitrogen and oxygen atoms in total. The van der Waals surface area contributed by atoms with Crippen molar-refractivity contribution < 1.29 is 14.4 Å². The molecule has 70 valence electrons.